The van der Waals surface area contributed by atoms with Gasteiger partial charge in [-0.25, -0.2) is 0 Å². The molecule has 0 radical (unpaired) electrons. The highest BCUT2D eigenvalue weighted by Gasteiger charge is 2.34. The van der Waals surface area contributed by atoms with Crippen molar-refractivity contribution in [3.05, 3.63) is 35.0 Å². The number of pyridine rings is 1. The summed E-state index contributed by atoms with van der Waals surface area (Å²) >= 11 is 6.27. The number of hydrogen-bond acceptors (Lipinski definition) is 3. The molecule has 24 heavy (non-hydrogen) atoms. The van der Waals surface area contributed by atoms with E-state index in [0.717, 1.165) is 66.9 Å². The highest BCUT2D eigenvalue weighted by Crippen LogP contribution is 2.33. The first-order valence-electron chi connectivity index (χ1n) is 8.72. The molecule has 0 bridgehead atoms. The van der Waals surface area contributed by atoms with Crippen molar-refractivity contribution in [2.24, 2.45) is 5.92 Å². The van der Waals surface area contributed by atoms with Gasteiger partial charge in [0.15, 0.2) is 0 Å². The fourth-order valence-corrected chi connectivity index (χ4v) is 3.89. The number of rotatable bonds is 2. The van der Waals surface area contributed by atoms with Crippen molar-refractivity contribution in [3.8, 4) is 0 Å². The Balaban J connectivity index is 1.62. The van der Waals surface area contributed by atoms with Gasteiger partial charge in [0.05, 0.1) is 5.52 Å². The third-order valence-corrected chi connectivity index (χ3v) is 5.27. The first-order chi connectivity index (χ1) is 11.6. The Bertz CT molecular complexity index is 788. The second kappa shape index (κ2) is 6.25. The van der Waals surface area contributed by atoms with E-state index in [-0.39, 0.29) is 0 Å². The molecule has 2 fully saturated rings. The average Bonchev–Trinajstić information content (AvgIpc) is 3.40. The van der Waals surface area contributed by atoms with Gasteiger partial charge >= 0.3 is 0 Å². The SMILES string of the molecule is Cc1cc(Cl)cc2c(N3CCCN(C(=O)C4CC4)CC3)ccnc12. The van der Waals surface area contributed by atoms with Gasteiger partial charge < -0.3 is 9.80 Å². The minimum absolute atomic E-state index is 0.305. The topological polar surface area (TPSA) is 36.4 Å². The van der Waals surface area contributed by atoms with Crippen LogP contribution >= 0.6 is 11.6 Å². The molecule has 5 heteroatoms. The number of halogens is 1. The molecule has 1 aliphatic carbocycles. The number of benzene rings is 1. The second-order valence-corrected chi connectivity index (χ2v) is 7.33. The van der Waals surface area contributed by atoms with Gasteiger partial charge in [-0.15, -0.1) is 0 Å². The van der Waals surface area contributed by atoms with Gasteiger partial charge in [-0.3, -0.25) is 9.78 Å². The zero-order valence-electron chi connectivity index (χ0n) is 14.0. The van der Waals surface area contributed by atoms with Crippen LogP contribution in [0.4, 0.5) is 5.69 Å². The maximum atomic E-state index is 12.3. The molecule has 1 aromatic heterocycles. The lowest BCUT2D eigenvalue weighted by Crippen LogP contribution is -2.36. The number of anilines is 1. The van der Waals surface area contributed by atoms with Crippen LogP contribution in [-0.2, 0) is 4.79 Å². The highest BCUT2D eigenvalue weighted by atomic mass is 35.5. The Morgan fingerprint density at radius 2 is 2.04 bits per heavy atom. The molecule has 126 valence electrons. The molecular weight excluding hydrogens is 322 g/mol. The van der Waals surface area contributed by atoms with E-state index in [1.54, 1.807) is 0 Å². The molecule has 0 spiro atoms. The number of hydrogen-bond donors (Lipinski definition) is 0. The molecule has 1 aromatic carbocycles. The van der Waals surface area contributed by atoms with Crippen molar-refractivity contribution in [3.63, 3.8) is 0 Å². The van der Waals surface area contributed by atoms with Crippen LogP contribution in [0.25, 0.3) is 10.9 Å². The summed E-state index contributed by atoms with van der Waals surface area (Å²) in [6.45, 7) is 5.54. The number of aryl methyl sites for hydroxylation is 1. The number of amides is 1. The zero-order chi connectivity index (χ0) is 16.7. The summed E-state index contributed by atoms with van der Waals surface area (Å²) in [6, 6.07) is 6.03. The minimum Gasteiger partial charge on any atom is -0.369 e. The van der Waals surface area contributed by atoms with E-state index < -0.39 is 0 Å². The largest absolute Gasteiger partial charge is 0.369 e. The average molecular weight is 344 g/mol. The Morgan fingerprint density at radius 3 is 2.83 bits per heavy atom. The molecule has 0 atom stereocenters. The lowest BCUT2D eigenvalue weighted by molar-refractivity contribution is -0.132. The van der Waals surface area contributed by atoms with Gasteiger partial charge in [0.2, 0.25) is 5.91 Å². The van der Waals surface area contributed by atoms with Crippen LogP contribution in [0.15, 0.2) is 24.4 Å². The molecule has 1 saturated heterocycles. The summed E-state index contributed by atoms with van der Waals surface area (Å²) < 4.78 is 0. The number of aromatic nitrogens is 1. The van der Waals surface area contributed by atoms with Crippen molar-refractivity contribution in [2.45, 2.75) is 26.2 Å². The van der Waals surface area contributed by atoms with Crippen LogP contribution in [0.3, 0.4) is 0 Å². The van der Waals surface area contributed by atoms with E-state index in [0.29, 0.717) is 11.8 Å². The van der Waals surface area contributed by atoms with Gasteiger partial charge in [-0.05, 0) is 49.9 Å². The van der Waals surface area contributed by atoms with Gasteiger partial charge in [-0.1, -0.05) is 11.6 Å². The number of nitrogens with zero attached hydrogens (tertiary/aromatic N) is 3. The summed E-state index contributed by atoms with van der Waals surface area (Å²) in [4.78, 5) is 21.3. The lowest BCUT2D eigenvalue weighted by Gasteiger charge is -2.25. The number of carbonyl (C=O) groups excluding carboxylic acids is 1. The van der Waals surface area contributed by atoms with E-state index in [1.165, 1.54) is 5.69 Å². The third-order valence-electron chi connectivity index (χ3n) is 5.05. The van der Waals surface area contributed by atoms with Crippen molar-refractivity contribution >= 4 is 34.1 Å². The Kier molecular flexibility index (Phi) is 4.09. The molecule has 2 aliphatic rings. The van der Waals surface area contributed by atoms with Crippen LogP contribution in [0.5, 0.6) is 0 Å². The normalized spacial score (nSPS) is 18.8. The fourth-order valence-electron chi connectivity index (χ4n) is 3.62. The van der Waals surface area contributed by atoms with E-state index in [1.807, 2.05) is 25.3 Å². The molecule has 2 heterocycles. The Hall–Kier alpha value is -1.81. The summed E-state index contributed by atoms with van der Waals surface area (Å²) in [6.07, 6.45) is 5.02. The van der Waals surface area contributed by atoms with Crippen LogP contribution in [0.2, 0.25) is 5.02 Å². The van der Waals surface area contributed by atoms with Gasteiger partial charge in [-0.2, -0.15) is 0 Å². The van der Waals surface area contributed by atoms with Crippen molar-refractivity contribution < 1.29 is 4.79 Å². The smallest absolute Gasteiger partial charge is 0.225 e. The van der Waals surface area contributed by atoms with Gasteiger partial charge in [0, 0.05) is 54.4 Å². The molecule has 4 nitrogen and oxygen atoms in total. The number of fused-ring (bicyclic) bond motifs is 1. The zero-order valence-corrected chi connectivity index (χ0v) is 14.7. The van der Waals surface area contributed by atoms with Gasteiger partial charge in [0.1, 0.15) is 0 Å². The number of carbonyl (C=O) groups is 1. The minimum atomic E-state index is 0.305. The highest BCUT2D eigenvalue weighted by molar-refractivity contribution is 6.31. The maximum Gasteiger partial charge on any atom is 0.225 e. The van der Waals surface area contributed by atoms with Crippen molar-refractivity contribution in [1.29, 1.82) is 0 Å². The van der Waals surface area contributed by atoms with Crippen molar-refractivity contribution in [1.82, 2.24) is 9.88 Å². The van der Waals surface area contributed by atoms with E-state index in [2.05, 4.69) is 20.9 Å². The second-order valence-electron chi connectivity index (χ2n) is 6.89. The summed E-state index contributed by atoms with van der Waals surface area (Å²) in [7, 11) is 0. The molecule has 1 saturated carbocycles. The fraction of sp³-hybridized carbons (Fsp3) is 0.474. The first-order valence-corrected chi connectivity index (χ1v) is 9.10. The van der Waals surface area contributed by atoms with E-state index in [4.69, 9.17) is 11.6 Å². The summed E-state index contributed by atoms with van der Waals surface area (Å²) in [5.74, 6) is 0.662. The quantitative estimate of drug-likeness (QED) is 0.835. The lowest BCUT2D eigenvalue weighted by atomic mass is 10.1. The first kappa shape index (κ1) is 15.7. The Morgan fingerprint density at radius 1 is 1.21 bits per heavy atom. The molecule has 1 amide bonds. The molecule has 2 aromatic rings. The molecule has 0 N–H and O–H groups in total. The standard InChI is InChI=1S/C19H22ClN3O/c1-13-11-15(20)12-16-17(5-6-21-18(13)16)22-7-2-8-23(10-9-22)19(24)14-3-4-14/h5-6,11-12,14H,2-4,7-10H2,1H3. The van der Waals surface area contributed by atoms with Gasteiger partial charge in [0.25, 0.3) is 0 Å². The Labute approximate surface area is 147 Å². The summed E-state index contributed by atoms with van der Waals surface area (Å²) in [5, 5.41) is 1.85. The van der Waals surface area contributed by atoms with Crippen molar-refractivity contribution in [2.75, 3.05) is 31.1 Å². The van der Waals surface area contributed by atoms with Crippen LogP contribution in [0, 0.1) is 12.8 Å². The monoisotopic (exact) mass is 343 g/mol. The van der Waals surface area contributed by atoms with E-state index >= 15 is 0 Å². The molecular formula is C19H22ClN3O. The molecule has 4 rings (SSSR count). The van der Waals surface area contributed by atoms with Crippen LogP contribution < -0.4 is 4.90 Å². The van der Waals surface area contributed by atoms with Crippen LogP contribution in [0.1, 0.15) is 24.8 Å². The van der Waals surface area contributed by atoms with E-state index in [9.17, 15) is 4.79 Å². The third kappa shape index (κ3) is 2.95. The van der Waals surface area contributed by atoms with Crippen LogP contribution in [-0.4, -0.2) is 42.0 Å². The maximum absolute atomic E-state index is 12.3. The summed E-state index contributed by atoms with van der Waals surface area (Å²) in [5.41, 5.74) is 3.28. The molecule has 1 aliphatic heterocycles. The predicted molar refractivity (Wildman–Crippen MR) is 97.6 cm³/mol. The predicted octanol–water partition coefficient (Wildman–Crippen LogP) is 3.65. The molecule has 0 unspecified atom stereocenters.